The van der Waals surface area contributed by atoms with Crippen LogP contribution in [0.25, 0.3) is 0 Å². The lowest BCUT2D eigenvalue weighted by molar-refractivity contribution is -0.126. The van der Waals surface area contributed by atoms with Gasteiger partial charge in [0.25, 0.3) is 0 Å². The molecule has 1 aliphatic rings. The second-order valence-corrected chi connectivity index (χ2v) is 7.41. The predicted octanol–water partition coefficient (Wildman–Crippen LogP) is 2.55. The van der Waals surface area contributed by atoms with Gasteiger partial charge in [0.1, 0.15) is 10.8 Å². The van der Waals surface area contributed by atoms with E-state index < -0.39 is 0 Å². The second-order valence-electron chi connectivity index (χ2n) is 6.46. The molecule has 1 aromatic heterocycles. The first-order valence-corrected chi connectivity index (χ1v) is 7.38. The van der Waals surface area contributed by atoms with E-state index in [0.717, 1.165) is 30.2 Å². The Kier molecular flexibility index (Phi) is 3.60. The molecule has 0 bridgehead atoms. The molecule has 1 aromatic rings. The van der Waals surface area contributed by atoms with Gasteiger partial charge in [-0.05, 0) is 13.0 Å². The van der Waals surface area contributed by atoms with Crippen molar-refractivity contribution in [3.8, 4) is 0 Å². The van der Waals surface area contributed by atoms with E-state index in [2.05, 4.69) is 43.4 Å². The molecule has 0 amide bonds. The van der Waals surface area contributed by atoms with Gasteiger partial charge in [0.15, 0.2) is 0 Å². The van der Waals surface area contributed by atoms with Crippen molar-refractivity contribution in [3.63, 3.8) is 0 Å². The second kappa shape index (κ2) is 4.74. The Morgan fingerprint density at radius 2 is 2.28 bits per heavy atom. The number of nitrogens with zero attached hydrogens (tertiary/aromatic N) is 1. The standard InChI is InChI=1S/C14H22N2OS/c1-13(2,3)10-8-18-12(16-10)7-11(17)14(4)5-6-15-9-14/h8,15H,5-7,9H2,1-4H3. The third-order valence-electron chi connectivity index (χ3n) is 3.67. The van der Waals surface area contributed by atoms with Crippen molar-refractivity contribution in [2.24, 2.45) is 5.41 Å². The van der Waals surface area contributed by atoms with Crippen LogP contribution in [0, 0.1) is 5.41 Å². The molecule has 1 N–H and O–H groups in total. The fourth-order valence-corrected chi connectivity index (χ4v) is 3.16. The van der Waals surface area contributed by atoms with Gasteiger partial charge in [-0.25, -0.2) is 4.98 Å². The van der Waals surface area contributed by atoms with Crippen LogP contribution in [-0.4, -0.2) is 23.9 Å². The Balaban J connectivity index is 2.06. The minimum atomic E-state index is -0.187. The number of hydrogen-bond acceptors (Lipinski definition) is 4. The average molecular weight is 266 g/mol. The molecule has 0 radical (unpaired) electrons. The Labute approximate surface area is 113 Å². The number of Topliss-reactive ketones (excluding diaryl/α,β-unsaturated/α-hetero) is 1. The number of carbonyl (C=O) groups is 1. The summed E-state index contributed by atoms with van der Waals surface area (Å²) >= 11 is 1.61. The number of rotatable bonds is 3. The molecule has 4 heteroatoms. The highest BCUT2D eigenvalue weighted by molar-refractivity contribution is 7.09. The lowest BCUT2D eigenvalue weighted by atomic mass is 9.83. The molecule has 1 aliphatic heterocycles. The van der Waals surface area contributed by atoms with Gasteiger partial charge in [-0.15, -0.1) is 11.3 Å². The van der Waals surface area contributed by atoms with Gasteiger partial charge in [0.2, 0.25) is 0 Å². The van der Waals surface area contributed by atoms with Crippen LogP contribution in [0.15, 0.2) is 5.38 Å². The first-order valence-electron chi connectivity index (χ1n) is 6.50. The zero-order chi connectivity index (χ0) is 13.4. The maximum Gasteiger partial charge on any atom is 0.146 e. The molecule has 0 spiro atoms. The van der Waals surface area contributed by atoms with Gasteiger partial charge in [0.05, 0.1) is 12.1 Å². The smallest absolute Gasteiger partial charge is 0.146 e. The molecular formula is C14H22N2OS. The first-order chi connectivity index (χ1) is 8.31. The molecule has 100 valence electrons. The van der Waals surface area contributed by atoms with E-state index in [1.807, 2.05) is 0 Å². The Hall–Kier alpha value is -0.740. The lowest BCUT2D eigenvalue weighted by Crippen LogP contribution is -2.31. The molecule has 3 nitrogen and oxygen atoms in total. The Morgan fingerprint density at radius 3 is 2.78 bits per heavy atom. The maximum atomic E-state index is 12.3. The van der Waals surface area contributed by atoms with Crippen LogP contribution in [0.2, 0.25) is 0 Å². The van der Waals surface area contributed by atoms with Gasteiger partial charge >= 0.3 is 0 Å². The number of carbonyl (C=O) groups excluding carboxylic acids is 1. The highest BCUT2D eigenvalue weighted by Gasteiger charge is 2.36. The summed E-state index contributed by atoms with van der Waals surface area (Å²) in [5.74, 6) is 0.322. The van der Waals surface area contributed by atoms with Gasteiger partial charge < -0.3 is 5.32 Å². The number of thiazole rings is 1. The summed E-state index contributed by atoms with van der Waals surface area (Å²) < 4.78 is 0. The van der Waals surface area contributed by atoms with Crippen molar-refractivity contribution in [1.29, 1.82) is 0 Å². The van der Waals surface area contributed by atoms with E-state index in [1.165, 1.54) is 0 Å². The largest absolute Gasteiger partial charge is 0.316 e. The summed E-state index contributed by atoms with van der Waals surface area (Å²) in [5.41, 5.74) is 0.967. The number of nitrogens with one attached hydrogen (secondary N) is 1. The zero-order valence-electron chi connectivity index (χ0n) is 11.7. The minimum Gasteiger partial charge on any atom is -0.316 e. The van der Waals surface area contributed by atoms with Crippen LogP contribution < -0.4 is 5.32 Å². The number of aromatic nitrogens is 1. The third-order valence-corrected chi connectivity index (χ3v) is 4.52. The fraction of sp³-hybridized carbons (Fsp3) is 0.714. The molecule has 2 rings (SSSR count). The number of hydrogen-bond donors (Lipinski definition) is 1. The summed E-state index contributed by atoms with van der Waals surface area (Å²) in [6, 6.07) is 0. The van der Waals surface area contributed by atoms with E-state index in [0.29, 0.717) is 12.2 Å². The monoisotopic (exact) mass is 266 g/mol. The Morgan fingerprint density at radius 1 is 1.56 bits per heavy atom. The maximum absolute atomic E-state index is 12.3. The first kappa shape index (κ1) is 13.7. The summed E-state index contributed by atoms with van der Waals surface area (Å²) in [6.07, 6.45) is 1.43. The van der Waals surface area contributed by atoms with E-state index >= 15 is 0 Å². The van der Waals surface area contributed by atoms with Crippen molar-refractivity contribution in [2.45, 2.75) is 46.0 Å². The highest BCUT2D eigenvalue weighted by atomic mass is 32.1. The summed E-state index contributed by atoms with van der Waals surface area (Å²) in [4.78, 5) is 16.9. The lowest BCUT2D eigenvalue weighted by Gasteiger charge is -2.20. The molecule has 2 heterocycles. The van der Waals surface area contributed by atoms with Crippen molar-refractivity contribution in [1.82, 2.24) is 10.3 Å². The predicted molar refractivity (Wildman–Crippen MR) is 75.1 cm³/mol. The van der Waals surface area contributed by atoms with Crippen LogP contribution in [0.4, 0.5) is 0 Å². The van der Waals surface area contributed by atoms with E-state index in [9.17, 15) is 4.79 Å². The summed E-state index contributed by atoms with van der Waals surface area (Å²) in [6.45, 7) is 10.3. The highest BCUT2D eigenvalue weighted by Crippen LogP contribution is 2.29. The van der Waals surface area contributed by atoms with Crippen LogP contribution in [0.1, 0.15) is 44.8 Å². The molecule has 1 saturated heterocycles. The zero-order valence-corrected chi connectivity index (χ0v) is 12.5. The van der Waals surface area contributed by atoms with E-state index in [1.54, 1.807) is 11.3 Å². The van der Waals surface area contributed by atoms with Crippen LogP contribution >= 0.6 is 11.3 Å². The molecule has 0 aliphatic carbocycles. The van der Waals surface area contributed by atoms with Crippen molar-refractivity contribution < 1.29 is 4.79 Å². The van der Waals surface area contributed by atoms with Gasteiger partial charge in [-0.2, -0.15) is 0 Å². The molecule has 1 fully saturated rings. The van der Waals surface area contributed by atoms with Crippen LogP contribution in [-0.2, 0) is 16.6 Å². The molecule has 18 heavy (non-hydrogen) atoms. The molecule has 1 unspecified atom stereocenters. The van der Waals surface area contributed by atoms with Gasteiger partial charge in [-0.1, -0.05) is 27.7 Å². The van der Waals surface area contributed by atoms with Crippen molar-refractivity contribution >= 4 is 17.1 Å². The molecule has 1 atom stereocenters. The van der Waals surface area contributed by atoms with Gasteiger partial charge in [0, 0.05) is 22.8 Å². The van der Waals surface area contributed by atoms with E-state index in [-0.39, 0.29) is 10.8 Å². The summed E-state index contributed by atoms with van der Waals surface area (Å²) in [5, 5.41) is 6.31. The van der Waals surface area contributed by atoms with Crippen LogP contribution in [0.3, 0.4) is 0 Å². The SMILES string of the molecule is CC1(C(=O)Cc2nc(C(C)(C)C)cs2)CCNC1. The molecule has 0 aromatic carbocycles. The minimum absolute atomic E-state index is 0.0661. The third kappa shape index (κ3) is 2.81. The molecular weight excluding hydrogens is 244 g/mol. The van der Waals surface area contributed by atoms with Crippen molar-refractivity contribution in [3.05, 3.63) is 16.1 Å². The normalized spacial score (nSPS) is 24.4. The van der Waals surface area contributed by atoms with Crippen molar-refractivity contribution in [2.75, 3.05) is 13.1 Å². The fourth-order valence-electron chi connectivity index (χ4n) is 2.14. The van der Waals surface area contributed by atoms with Gasteiger partial charge in [-0.3, -0.25) is 4.79 Å². The quantitative estimate of drug-likeness (QED) is 0.914. The average Bonchev–Trinajstić information content (AvgIpc) is 2.86. The van der Waals surface area contributed by atoms with Crippen LogP contribution in [0.5, 0.6) is 0 Å². The number of ketones is 1. The topological polar surface area (TPSA) is 42.0 Å². The Bertz CT molecular complexity index is 439. The molecule has 0 saturated carbocycles. The summed E-state index contributed by atoms with van der Waals surface area (Å²) in [7, 11) is 0. The van der Waals surface area contributed by atoms with E-state index in [4.69, 9.17) is 0 Å².